The van der Waals surface area contributed by atoms with E-state index in [1.807, 2.05) is 6.07 Å². The maximum atomic E-state index is 11.1. The van der Waals surface area contributed by atoms with Crippen LogP contribution in [0.3, 0.4) is 0 Å². The second-order valence-electron chi connectivity index (χ2n) is 4.86. The van der Waals surface area contributed by atoms with E-state index in [9.17, 15) is 4.79 Å². The van der Waals surface area contributed by atoms with Gasteiger partial charge in [-0.05, 0) is 57.6 Å². The number of hydrogen-bond donors (Lipinski definition) is 1. The van der Waals surface area contributed by atoms with Crippen LogP contribution in [0.1, 0.15) is 27.4 Å². The fraction of sp³-hybridized carbons (Fsp3) is 0.188. The Morgan fingerprint density at radius 1 is 1.30 bits per heavy atom. The minimum Gasteiger partial charge on any atom is -0.478 e. The van der Waals surface area contributed by atoms with Crippen molar-refractivity contribution in [3.63, 3.8) is 0 Å². The number of aromatic carboxylic acids is 1. The molecule has 0 spiro atoms. The Labute approximate surface area is 130 Å². The zero-order chi connectivity index (χ0) is 14.1. The SMILES string of the molecule is O=C(O)c1cc(SCC2Cc3ccccc32)ccc1Br. The molecule has 0 radical (unpaired) electrons. The van der Waals surface area contributed by atoms with E-state index in [1.54, 1.807) is 23.9 Å². The molecule has 1 unspecified atom stereocenters. The highest BCUT2D eigenvalue weighted by molar-refractivity contribution is 9.10. The number of thioether (sulfide) groups is 1. The van der Waals surface area contributed by atoms with E-state index in [0.717, 1.165) is 17.1 Å². The van der Waals surface area contributed by atoms with Crippen LogP contribution in [0.15, 0.2) is 51.8 Å². The van der Waals surface area contributed by atoms with Crippen molar-refractivity contribution >= 4 is 33.7 Å². The normalized spacial score (nSPS) is 16.4. The first-order chi connectivity index (χ1) is 9.65. The molecule has 1 N–H and O–H groups in total. The second kappa shape index (κ2) is 5.62. The maximum absolute atomic E-state index is 11.1. The number of carbonyl (C=O) groups is 1. The van der Waals surface area contributed by atoms with E-state index < -0.39 is 5.97 Å². The first-order valence-corrected chi connectivity index (χ1v) is 8.16. The molecule has 102 valence electrons. The third kappa shape index (κ3) is 2.63. The lowest BCUT2D eigenvalue weighted by molar-refractivity contribution is 0.0695. The van der Waals surface area contributed by atoms with Gasteiger partial charge in [0.1, 0.15) is 0 Å². The van der Waals surface area contributed by atoms with Crippen LogP contribution in [0.4, 0.5) is 0 Å². The van der Waals surface area contributed by atoms with Gasteiger partial charge in [-0.15, -0.1) is 11.8 Å². The Balaban J connectivity index is 1.68. The summed E-state index contributed by atoms with van der Waals surface area (Å²) in [6.45, 7) is 0. The van der Waals surface area contributed by atoms with Gasteiger partial charge >= 0.3 is 5.97 Å². The average Bonchev–Trinajstić information content (AvgIpc) is 2.41. The van der Waals surface area contributed by atoms with Crippen molar-refractivity contribution in [3.8, 4) is 0 Å². The summed E-state index contributed by atoms with van der Waals surface area (Å²) in [5.74, 6) is 0.694. The van der Waals surface area contributed by atoms with Crippen LogP contribution in [-0.2, 0) is 6.42 Å². The fourth-order valence-electron chi connectivity index (χ4n) is 2.47. The van der Waals surface area contributed by atoms with E-state index in [4.69, 9.17) is 5.11 Å². The fourth-order valence-corrected chi connectivity index (χ4v) is 3.94. The molecule has 1 atom stereocenters. The molecule has 0 heterocycles. The molecule has 1 aliphatic rings. The minimum atomic E-state index is -0.895. The highest BCUT2D eigenvalue weighted by Crippen LogP contribution is 2.39. The summed E-state index contributed by atoms with van der Waals surface area (Å²) in [6, 6.07) is 14.0. The quantitative estimate of drug-likeness (QED) is 0.821. The lowest BCUT2D eigenvalue weighted by atomic mass is 9.79. The number of carboxylic acid groups (broad SMARTS) is 1. The zero-order valence-electron chi connectivity index (χ0n) is 10.7. The molecule has 0 aliphatic heterocycles. The van der Waals surface area contributed by atoms with Crippen molar-refractivity contribution in [1.29, 1.82) is 0 Å². The average molecular weight is 349 g/mol. The van der Waals surface area contributed by atoms with Gasteiger partial charge in [0.2, 0.25) is 0 Å². The molecule has 2 aromatic rings. The second-order valence-corrected chi connectivity index (χ2v) is 6.81. The highest BCUT2D eigenvalue weighted by atomic mass is 79.9. The van der Waals surface area contributed by atoms with Crippen molar-refractivity contribution in [2.75, 3.05) is 5.75 Å². The molecule has 4 heteroatoms. The number of benzene rings is 2. The standard InChI is InChI=1S/C16H13BrO2S/c17-15-6-5-12(8-14(15)16(18)19)20-9-11-7-10-3-1-2-4-13(10)11/h1-6,8,11H,7,9H2,(H,18,19). The van der Waals surface area contributed by atoms with Gasteiger partial charge in [0.25, 0.3) is 0 Å². The largest absolute Gasteiger partial charge is 0.478 e. The molecule has 2 nitrogen and oxygen atoms in total. The van der Waals surface area contributed by atoms with Crippen LogP contribution in [0, 0.1) is 0 Å². The Bertz CT molecular complexity index is 669. The minimum absolute atomic E-state index is 0.323. The molecular formula is C16H13BrO2S. The van der Waals surface area contributed by atoms with Crippen LogP contribution in [0.5, 0.6) is 0 Å². The molecule has 0 amide bonds. The number of fused-ring (bicyclic) bond motifs is 1. The molecule has 0 saturated heterocycles. The van der Waals surface area contributed by atoms with Gasteiger partial charge in [0.15, 0.2) is 0 Å². The molecule has 0 aromatic heterocycles. The molecule has 1 aliphatic carbocycles. The first-order valence-electron chi connectivity index (χ1n) is 6.38. The Kier molecular flexibility index (Phi) is 3.85. The van der Waals surface area contributed by atoms with Gasteiger partial charge in [-0.2, -0.15) is 0 Å². The molecule has 3 rings (SSSR count). The van der Waals surface area contributed by atoms with Crippen molar-refractivity contribution in [2.24, 2.45) is 0 Å². The van der Waals surface area contributed by atoms with Crippen molar-refractivity contribution in [2.45, 2.75) is 17.2 Å². The van der Waals surface area contributed by atoms with E-state index in [1.165, 1.54) is 11.1 Å². The lowest BCUT2D eigenvalue weighted by Crippen LogP contribution is -2.18. The highest BCUT2D eigenvalue weighted by Gasteiger charge is 2.25. The van der Waals surface area contributed by atoms with Gasteiger partial charge < -0.3 is 5.11 Å². The van der Waals surface area contributed by atoms with Crippen LogP contribution < -0.4 is 0 Å². The third-order valence-electron chi connectivity index (χ3n) is 3.58. The summed E-state index contributed by atoms with van der Waals surface area (Å²) in [5, 5.41) is 9.12. The first kappa shape index (κ1) is 13.7. The van der Waals surface area contributed by atoms with Crippen molar-refractivity contribution in [3.05, 3.63) is 63.6 Å². The predicted octanol–water partition coefficient (Wildman–Crippen LogP) is 4.58. The van der Waals surface area contributed by atoms with Crippen LogP contribution in [0.2, 0.25) is 0 Å². The van der Waals surface area contributed by atoms with E-state index >= 15 is 0 Å². The van der Waals surface area contributed by atoms with Crippen molar-refractivity contribution < 1.29 is 9.90 Å². The third-order valence-corrected chi connectivity index (χ3v) is 5.43. The Morgan fingerprint density at radius 3 is 2.85 bits per heavy atom. The van der Waals surface area contributed by atoms with Gasteiger partial charge in [0, 0.05) is 15.1 Å². The number of halogens is 1. The molecule has 0 saturated carbocycles. The van der Waals surface area contributed by atoms with Crippen molar-refractivity contribution in [1.82, 2.24) is 0 Å². The van der Waals surface area contributed by atoms with Crippen LogP contribution in [0.25, 0.3) is 0 Å². The summed E-state index contributed by atoms with van der Waals surface area (Å²) in [6.07, 6.45) is 1.13. The zero-order valence-corrected chi connectivity index (χ0v) is 13.1. The number of carboxylic acids is 1. The molecular weight excluding hydrogens is 336 g/mol. The summed E-state index contributed by atoms with van der Waals surface area (Å²) in [7, 11) is 0. The molecule has 20 heavy (non-hydrogen) atoms. The number of hydrogen-bond acceptors (Lipinski definition) is 2. The summed E-state index contributed by atoms with van der Waals surface area (Å²) in [4.78, 5) is 12.1. The maximum Gasteiger partial charge on any atom is 0.336 e. The summed E-state index contributed by atoms with van der Waals surface area (Å²) < 4.78 is 0.628. The molecule has 0 fully saturated rings. The van der Waals surface area contributed by atoms with Gasteiger partial charge in [-0.25, -0.2) is 4.79 Å². The van der Waals surface area contributed by atoms with E-state index in [2.05, 4.69) is 40.2 Å². The Hall–Kier alpha value is -1.26. The molecule has 2 aromatic carbocycles. The predicted molar refractivity (Wildman–Crippen MR) is 84.7 cm³/mol. The Morgan fingerprint density at radius 2 is 2.10 bits per heavy atom. The van der Waals surface area contributed by atoms with Crippen LogP contribution in [-0.4, -0.2) is 16.8 Å². The van der Waals surface area contributed by atoms with E-state index in [0.29, 0.717) is 16.0 Å². The van der Waals surface area contributed by atoms with Gasteiger partial charge in [0.05, 0.1) is 5.56 Å². The monoisotopic (exact) mass is 348 g/mol. The van der Waals surface area contributed by atoms with Crippen LogP contribution >= 0.6 is 27.7 Å². The van der Waals surface area contributed by atoms with Gasteiger partial charge in [-0.1, -0.05) is 24.3 Å². The topological polar surface area (TPSA) is 37.3 Å². The lowest BCUT2D eigenvalue weighted by Gasteiger charge is -2.29. The molecule has 0 bridgehead atoms. The van der Waals surface area contributed by atoms with E-state index in [-0.39, 0.29) is 0 Å². The smallest absolute Gasteiger partial charge is 0.336 e. The van der Waals surface area contributed by atoms with Gasteiger partial charge in [-0.3, -0.25) is 0 Å². The summed E-state index contributed by atoms with van der Waals surface area (Å²) in [5.41, 5.74) is 3.21. The number of rotatable bonds is 4. The summed E-state index contributed by atoms with van der Waals surface area (Å²) >= 11 is 4.99.